The molecule has 0 unspecified atom stereocenters. The molecule has 3 N–H and O–H groups in total. The van der Waals surface area contributed by atoms with Crippen molar-refractivity contribution in [3.63, 3.8) is 0 Å². The van der Waals surface area contributed by atoms with Gasteiger partial charge in [-0.1, -0.05) is 50.2 Å². The van der Waals surface area contributed by atoms with Crippen molar-refractivity contribution in [1.82, 2.24) is 5.32 Å². The number of nitrogens with two attached hydrogens (primary N) is 1. The molecular weight excluding hydrogens is 364 g/mol. The first kappa shape index (κ1) is 22.8. The summed E-state index contributed by atoms with van der Waals surface area (Å²) in [6.07, 6.45) is 0.517. The second-order valence-electron chi connectivity index (χ2n) is 6.97. The molecule has 148 valence electrons. The average molecular weight is 393 g/mol. The molecule has 1 atom stereocenters. The summed E-state index contributed by atoms with van der Waals surface area (Å²) < 4.78 is 10.6. The molecule has 0 bridgehead atoms. The molecule has 0 saturated heterocycles. The number of ether oxygens (including phenoxy) is 2. The molecule has 5 nitrogen and oxygen atoms in total. The number of amides is 1. The molecule has 0 aliphatic carbocycles. The van der Waals surface area contributed by atoms with Crippen LogP contribution in [0.4, 0.5) is 0 Å². The molecule has 2 rings (SSSR count). The van der Waals surface area contributed by atoms with Gasteiger partial charge in [0.25, 0.3) is 0 Å². The molecular formula is C21H29ClN2O3. The molecule has 27 heavy (non-hydrogen) atoms. The molecule has 0 aliphatic rings. The van der Waals surface area contributed by atoms with Gasteiger partial charge in [0, 0.05) is 12.0 Å². The fourth-order valence-electron chi connectivity index (χ4n) is 2.76. The number of methoxy groups -OCH3 is 2. The van der Waals surface area contributed by atoms with E-state index in [1.165, 1.54) is 0 Å². The number of carbonyl (C=O) groups is 1. The zero-order valence-electron chi connectivity index (χ0n) is 16.3. The van der Waals surface area contributed by atoms with Crippen molar-refractivity contribution in [2.24, 2.45) is 5.73 Å². The standard InChI is InChI=1S/C21H28N2O3.ClH/c1-21(2,16-10-11-18(25-3)19(13-16)26-4)14-23-20(24)17(22)12-15-8-6-5-7-9-15;/h5-11,13,17H,12,14,22H2,1-4H3,(H,23,24);1H/t17-;/m0./s1. The summed E-state index contributed by atoms with van der Waals surface area (Å²) in [4.78, 5) is 12.4. The Hall–Kier alpha value is -2.24. The predicted octanol–water partition coefficient (Wildman–Crippen LogP) is 3.09. The monoisotopic (exact) mass is 392 g/mol. The molecule has 2 aromatic carbocycles. The van der Waals surface area contributed by atoms with Crippen LogP contribution in [0.2, 0.25) is 0 Å². The van der Waals surface area contributed by atoms with E-state index in [0.717, 1.165) is 11.1 Å². The van der Waals surface area contributed by atoms with Crippen molar-refractivity contribution in [1.29, 1.82) is 0 Å². The van der Waals surface area contributed by atoms with Crippen LogP contribution in [0.5, 0.6) is 11.5 Å². The zero-order valence-corrected chi connectivity index (χ0v) is 17.1. The largest absolute Gasteiger partial charge is 0.493 e. The third-order valence-electron chi connectivity index (χ3n) is 4.50. The van der Waals surface area contributed by atoms with Crippen LogP contribution >= 0.6 is 12.4 Å². The van der Waals surface area contributed by atoms with E-state index in [1.54, 1.807) is 14.2 Å². The Labute approximate surface area is 167 Å². The maximum atomic E-state index is 12.4. The first-order chi connectivity index (χ1) is 12.4. The first-order valence-corrected chi connectivity index (χ1v) is 8.67. The number of nitrogens with one attached hydrogen (secondary N) is 1. The van der Waals surface area contributed by atoms with E-state index in [2.05, 4.69) is 19.2 Å². The second kappa shape index (κ2) is 10.2. The summed E-state index contributed by atoms with van der Waals surface area (Å²) in [6, 6.07) is 15.0. The lowest BCUT2D eigenvalue weighted by Gasteiger charge is -2.27. The molecule has 0 saturated carbocycles. The molecule has 0 aliphatic heterocycles. The molecule has 0 heterocycles. The van der Waals surface area contributed by atoms with Crippen LogP contribution < -0.4 is 20.5 Å². The molecule has 1 amide bonds. The minimum absolute atomic E-state index is 0. The quantitative estimate of drug-likeness (QED) is 0.724. The van der Waals surface area contributed by atoms with Crippen molar-refractivity contribution in [3.8, 4) is 11.5 Å². The van der Waals surface area contributed by atoms with Crippen LogP contribution in [-0.2, 0) is 16.6 Å². The highest BCUT2D eigenvalue weighted by atomic mass is 35.5. The van der Waals surface area contributed by atoms with Crippen molar-refractivity contribution in [2.75, 3.05) is 20.8 Å². The Bertz CT molecular complexity index is 735. The highest BCUT2D eigenvalue weighted by Crippen LogP contribution is 2.32. The fraction of sp³-hybridized carbons (Fsp3) is 0.381. The zero-order chi connectivity index (χ0) is 19.2. The summed E-state index contributed by atoms with van der Waals surface area (Å²) in [5, 5.41) is 2.97. The highest BCUT2D eigenvalue weighted by molar-refractivity contribution is 5.85. The highest BCUT2D eigenvalue weighted by Gasteiger charge is 2.24. The minimum atomic E-state index is -0.571. The van der Waals surface area contributed by atoms with Gasteiger partial charge in [-0.3, -0.25) is 4.79 Å². The number of halogens is 1. The van der Waals surface area contributed by atoms with E-state index in [-0.39, 0.29) is 23.7 Å². The number of hydrogen-bond acceptors (Lipinski definition) is 4. The van der Waals surface area contributed by atoms with E-state index >= 15 is 0 Å². The minimum Gasteiger partial charge on any atom is -0.493 e. The van der Waals surface area contributed by atoms with Gasteiger partial charge in [-0.15, -0.1) is 12.4 Å². The van der Waals surface area contributed by atoms with Gasteiger partial charge in [0.1, 0.15) is 0 Å². The molecule has 6 heteroatoms. The van der Waals surface area contributed by atoms with Crippen LogP contribution in [0.25, 0.3) is 0 Å². The Morgan fingerprint density at radius 1 is 1.07 bits per heavy atom. The van der Waals surface area contributed by atoms with E-state index in [9.17, 15) is 4.79 Å². The average Bonchev–Trinajstić information content (AvgIpc) is 2.66. The predicted molar refractivity (Wildman–Crippen MR) is 111 cm³/mol. The van der Waals surface area contributed by atoms with Gasteiger partial charge in [0.05, 0.1) is 20.3 Å². The Kier molecular flexibility index (Phi) is 8.60. The lowest BCUT2D eigenvalue weighted by molar-refractivity contribution is -0.122. The van der Waals surface area contributed by atoms with Crippen LogP contribution in [0.3, 0.4) is 0 Å². The molecule has 0 fully saturated rings. The number of rotatable bonds is 8. The van der Waals surface area contributed by atoms with Crippen molar-refractivity contribution in [3.05, 3.63) is 59.7 Å². The SMILES string of the molecule is COc1ccc(C(C)(C)CNC(=O)[C@@H](N)Cc2ccccc2)cc1OC.Cl. The van der Waals surface area contributed by atoms with Crippen LogP contribution in [-0.4, -0.2) is 32.7 Å². The maximum absolute atomic E-state index is 12.4. The molecule has 2 aromatic rings. The van der Waals surface area contributed by atoms with E-state index in [0.29, 0.717) is 24.5 Å². The third-order valence-corrected chi connectivity index (χ3v) is 4.50. The summed E-state index contributed by atoms with van der Waals surface area (Å²) in [6.45, 7) is 4.61. The topological polar surface area (TPSA) is 73.6 Å². The number of hydrogen-bond donors (Lipinski definition) is 2. The Balaban J connectivity index is 0.00000364. The lowest BCUT2D eigenvalue weighted by Crippen LogP contribution is -2.46. The normalized spacial score (nSPS) is 11.9. The van der Waals surface area contributed by atoms with Gasteiger partial charge in [-0.05, 0) is 29.7 Å². The van der Waals surface area contributed by atoms with Crippen LogP contribution in [0.1, 0.15) is 25.0 Å². The first-order valence-electron chi connectivity index (χ1n) is 8.67. The Morgan fingerprint density at radius 3 is 2.30 bits per heavy atom. The summed E-state index contributed by atoms with van der Waals surface area (Å²) in [5.74, 6) is 1.20. The van der Waals surface area contributed by atoms with Crippen molar-refractivity contribution in [2.45, 2.75) is 31.7 Å². The maximum Gasteiger partial charge on any atom is 0.237 e. The van der Waals surface area contributed by atoms with Gasteiger partial charge in [0.2, 0.25) is 5.91 Å². The summed E-state index contributed by atoms with van der Waals surface area (Å²) in [5.41, 5.74) is 7.87. The summed E-state index contributed by atoms with van der Waals surface area (Å²) in [7, 11) is 3.22. The van der Waals surface area contributed by atoms with Gasteiger partial charge in [0.15, 0.2) is 11.5 Å². The van der Waals surface area contributed by atoms with Gasteiger partial charge < -0.3 is 20.5 Å². The lowest BCUT2D eigenvalue weighted by atomic mass is 9.84. The smallest absolute Gasteiger partial charge is 0.237 e. The number of carbonyl (C=O) groups excluding carboxylic acids is 1. The Morgan fingerprint density at radius 2 is 1.70 bits per heavy atom. The van der Waals surface area contributed by atoms with Gasteiger partial charge >= 0.3 is 0 Å². The van der Waals surface area contributed by atoms with E-state index in [4.69, 9.17) is 15.2 Å². The van der Waals surface area contributed by atoms with Crippen LogP contribution in [0, 0.1) is 0 Å². The summed E-state index contributed by atoms with van der Waals surface area (Å²) >= 11 is 0. The fourth-order valence-corrected chi connectivity index (χ4v) is 2.76. The third kappa shape index (κ3) is 6.15. The molecule has 0 radical (unpaired) electrons. The molecule has 0 aromatic heterocycles. The van der Waals surface area contributed by atoms with Crippen molar-refractivity contribution >= 4 is 18.3 Å². The van der Waals surface area contributed by atoms with Crippen LogP contribution in [0.15, 0.2) is 48.5 Å². The van der Waals surface area contributed by atoms with Crippen molar-refractivity contribution < 1.29 is 14.3 Å². The van der Waals surface area contributed by atoms with Gasteiger partial charge in [-0.2, -0.15) is 0 Å². The molecule has 0 spiro atoms. The number of benzene rings is 2. The second-order valence-corrected chi connectivity index (χ2v) is 6.97. The van der Waals surface area contributed by atoms with E-state index in [1.807, 2.05) is 48.5 Å². The van der Waals surface area contributed by atoms with E-state index < -0.39 is 6.04 Å². The van der Waals surface area contributed by atoms with Gasteiger partial charge in [-0.25, -0.2) is 0 Å².